The van der Waals surface area contributed by atoms with Crippen molar-refractivity contribution in [3.05, 3.63) is 88.9 Å². The molecule has 1 aliphatic carbocycles. The summed E-state index contributed by atoms with van der Waals surface area (Å²) in [5, 5.41) is 3.66. The number of nitrogens with zero attached hydrogens (tertiary/aromatic N) is 2. The van der Waals surface area contributed by atoms with Gasteiger partial charge in [-0.15, -0.1) is 0 Å². The van der Waals surface area contributed by atoms with Crippen molar-refractivity contribution in [3.63, 3.8) is 0 Å². The molecule has 3 aromatic carbocycles. The Morgan fingerprint density at radius 2 is 1.62 bits per heavy atom. The summed E-state index contributed by atoms with van der Waals surface area (Å²) < 4.78 is 39.4. The van der Waals surface area contributed by atoms with Crippen molar-refractivity contribution < 1.29 is 27.5 Å². The number of halogens is 1. The van der Waals surface area contributed by atoms with Gasteiger partial charge in [-0.25, -0.2) is 8.42 Å². The number of nitrogens with one attached hydrogen (secondary N) is 1. The summed E-state index contributed by atoms with van der Waals surface area (Å²) in [4.78, 5) is 30.0. The quantitative estimate of drug-likeness (QED) is 0.282. The van der Waals surface area contributed by atoms with Crippen LogP contribution in [0, 0.1) is 0 Å². The molecule has 45 heavy (non-hydrogen) atoms. The Balaban J connectivity index is 1.52. The number of amides is 2. The van der Waals surface area contributed by atoms with Gasteiger partial charge in [-0.3, -0.25) is 13.9 Å². The van der Waals surface area contributed by atoms with Crippen LogP contribution < -0.4 is 19.1 Å². The molecule has 1 saturated carbocycles. The van der Waals surface area contributed by atoms with Crippen LogP contribution in [0.5, 0.6) is 11.5 Å². The summed E-state index contributed by atoms with van der Waals surface area (Å²) in [7, 11) is -3.91. The molecule has 2 amide bonds. The molecule has 0 saturated heterocycles. The van der Waals surface area contributed by atoms with Crippen molar-refractivity contribution in [2.45, 2.75) is 64.1 Å². The Labute approximate surface area is 270 Å². The molecule has 5 rings (SSSR count). The summed E-state index contributed by atoms with van der Waals surface area (Å²) in [6, 6.07) is 20.6. The molecule has 1 heterocycles. The number of benzene rings is 3. The van der Waals surface area contributed by atoms with Gasteiger partial charge in [0.05, 0.1) is 11.4 Å². The number of rotatable bonds is 12. The molecule has 1 fully saturated rings. The molecule has 1 unspecified atom stereocenters. The highest BCUT2D eigenvalue weighted by Crippen LogP contribution is 2.35. The zero-order valence-electron chi connectivity index (χ0n) is 25.5. The fourth-order valence-corrected chi connectivity index (χ4v) is 7.06. The largest absolute Gasteiger partial charge is 0.486 e. The lowest BCUT2D eigenvalue weighted by atomic mass is 9.94. The minimum absolute atomic E-state index is 0.0231. The molecule has 0 spiro atoms. The van der Waals surface area contributed by atoms with E-state index in [1.807, 2.05) is 42.5 Å². The first-order valence-electron chi connectivity index (χ1n) is 15.5. The highest BCUT2D eigenvalue weighted by molar-refractivity contribution is 7.92. The van der Waals surface area contributed by atoms with E-state index in [4.69, 9.17) is 21.1 Å². The second-order valence-corrected chi connectivity index (χ2v) is 14.0. The number of hydrogen-bond donors (Lipinski definition) is 1. The lowest BCUT2D eigenvalue weighted by Gasteiger charge is -2.35. The first-order chi connectivity index (χ1) is 21.7. The lowest BCUT2D eigenvalue weighted by molar-refractivity contribution is -0.140. The van der Waals surface area contributed by atoms with E-state index in [-0.39, 0.29) is 36.4 Å². The van der Waals surface area contributed by atoms with E-state index in [1.165, 1.54) is 11.8 Å². The van der Waals surface area contributed by atoms with Crippen molar-refractivity contribution in [1.82, 2.24) is 10.2 Å². The average Bonchev–Trinajstić information content (AvgIpc) is 3.06. The third-order valence-corrected chi connectivity index (χ3v) is 10.4. The fraction of sp³-hybridized carbons (Fsp3) is 0.412. The van der Waals surface area contributed by atoms with Crippen molar-refractivity contribution in [3.8, 4) is 11.5 Å². The summed E-state index contributed by atoms with van der Waals surface area (Å²) in [5.41, 5.74) is 1.81. The van der Waals surface area contributed by atoms with Gasteiger partial charge in [-0.2, -0.15) is 0 Å². The van der Waals surface area contributed by atoms with Gasteiger partial charge in [-0.05, 0) is 49.1 Å². The number of anilines is 1. The summed E-state index contributed by atoms with van der Waals surface area (Å²) in [5.74, 6) is -0.108. The number of hydrogen-bond acceptors (Lipinski definition) is 6. The van der Waals surface area contributed by atoms with Gasteiger partial charge >= 0.3 is 0 Å². The highest BCUT2D eigenvalue weighted by atomic mass is 35.5. The van der Waals surface area contributed by atoms with E-state index in [9.17, 15) is 18.0 Å². The van der Waals surface area contributed by atoms with Crippen LogP contribution in [0.1, 0.15) is 50.2 Å². The topological polar surface area (TPSA) is 105 Å². The zero-order chi connectivity index (χ0) is 31.8. The lowest BCUT2D eigenvalue weighted by Crippen LogP contribution is -2.55. The normalized spacial score (nSPS) is 15.6. The van der Waals surface area contributed by atoms with Crippen LogP contribution in [0.3, 0.4) is 0 Å². The minimum Gasteiger partial charge on any atom is -0.486 e. The molecule has 3 aromatic rings. The van der Waals surface area contributed by atoms with Crippen LogP contribution in [0.15, 0.2) is 72.8 Å². The van der Waals surface area contributed by atoms with Crippen LogP contribution >= 0.6 is 11.6 Å². The fourth-order valence-electron chi connectivity index (χ4n) is 5.82. The Morgan fingerprint density at radius 3 is 2.33 bits per heavy atom. The Hall–Kier alpha value is -3.76. The van der Waals surface area contributed by atoms with Crippen molar-refractivity contribution in [2.24, 2.45) is 0 Å². The number of carbonyl (C=O) groups excluding carboxylic acids is 2. The Bertz CT molecular complexity index is 1580. The maximum Gasteiger partial charge on any atom is 0.244 e. The summed E-state index contributed by atoms with van der Waals surface area (Å²) in [6.45, 7) is 1.77. The standard InChI is InChI=1S/C34H40ClN3O6S/c1-2-45(41,42)38(28-17-18-31-32(22-28)44-20-19-43-31)24-33(39)37(23-26-13-9-10-16-29(26)35)30(21-25-11-5-3-6-12-25)34(40)36-27-14-7-4-8-15-27/h3,5-6,9-13,16-18,22,27,30H,2,4,7-8,14-15,19-21,23-24H2,1H3,(H,36,40). The molecular weight excluding hydrogens is 614 g/mol. The van der Waals surface area contributed by atoms with Crippen LogP contribution in [-0.2, 0) is 32.6 Å². The van der Waals surface area contributed by atoms with Gasteiger partial charge in [0, 0.05) is 30.1 Å². The predicted molar refractivity (Wildman–Crippen MR) is 175 cm³/mol. The van der Waals surface area contributed by atoms with E-state index in [0.29, 0.717) is 35.3 Å². The Kier molecular flexibility index (Phi) is 10.9. The van der Waals surface area contributed by atoms with Gasteiger partial charge in [0.15, 0.2) is 11.5 Å². The number of ether oxygens (including phenoxy) is 2. The van der Waals surface area contributed by atoms with E-state index in [2.05, 4.69) is 5.32 Å². The van der Waals surface area contributed by atoms with Crippen LogP contribution in [0.2, 0.25) is 5.02 Å². The van der Waals surface area contributed by atoms with E-state index >= 15 is 0 Å². The number of carbonyl (C=O) groups is 2. The van der Waals surface area contributed by atoms with Gasteiger partial charge in [0.1, 0.15) is 25.8 Å². The Morgan fingerprint density at radius 1 is 0.933 bits per heavy atom. The molecule has 0 aromatic heterocycles. The second kappa shape index (κ2) is 15.0. The zero-order valence-corrected chi connectivity index (χ0v) is 27.1. The molecule has 11 heteroatoms. The molecule has 0 radical (unpaired) electrons. The first kappa shape index (κ1) is 32.6. The molecular formula is C34H40ClN3O6S. The molecule has 1 aliphatic heterocycles. The van der Waals surface area contributed by atoms with E-state index in [1.54, 1.807) is 30.3 Å². The number of fused-ring (bicyclic) bond motifs is 1. The maximum absolute atomic E-state index is 14.5. The molecule has 240 valence electrons. The molecule has 1 atom stereocenters. The SMILES string of the molecule is CCS(=O)(=O)N(CC(=O)N(Cc1ccccc1Cl)C(Cc1ccccc1)C(=O)NC1CCCCC1)c1ccc2c(c1)OCCO2. The third-order valence-electron chi connectivity index (χ3n) is 8.31. The van der Waals surface area contributed by atoms with Crippen molar-refractivity contribution in [2.75, 3.05) is 29.8 Å². The molecule has 2 aliphatic rings. The van der Waals surface area contributed by atoms with Crippen LogP contribution in [0.4, 0.5) is 5.69 Å². The van der Waals surface area contributed by atoms with Gasteiger partial charge in [0.25, 0.3) is 0 Å². The molecule has 0 bridgehead atoms. The van der Waals surface area contributed by atoms with Crippen molar-refractivity contribution >= 4 is 39.1 Å². The van der Waals surface area contributed by atoms with Crippen LogP contribution in [0.25, 0.3) is 0 Å². The predicted octanol–water partition coefficient (Wildman–Crippen LogP) is 5.36. The van der Waals surface area contributed by atoms with E-state index < -0.39 is 28.5 Å². The average molecular weight is 654 g/mol. The van der Waals surface area contributed by atoms with E-state index in [0.717, 1.165) is 42.0 Å². The van der Waals surface area contributed by atoms with Crippen LogP contribution in [-0.4, -0.2) is 62.7 Å². The smallest absolute Gasteiger partial charge is 0.244 e. The van der Waals surface area contributed by atoms with Gasteiger partial charge in [-0.1, -0.05) is 79.4 Å². The molecule has 1 N–H and O–H groups in total. The van der Waals surface area contributed by atoms with Gasteiger partial charge in [0.2, 0.25) is 21.8 Å². The highest BCUT2D eigenvalue weighted by Gasteiger charge is 2.35. The second-order valence-electron chi connectivity index (χ2n) is 11.4. The first-order valence-corrected chi connectivity index (χ1v) is 17.5. The third kappa shape index (κ3) is 8.29. The summed E-state index contributed by atoms with van der Waals surface area (Å²) in [6.07, 6.45) is 5.23. The monoisotopic (exact) mass is 653 g/mol. The van der Waals surface area contributed by atoms with Crippen molar-refractivity contribution in [1.29, 1.82) is 0 Å². The number of sulfonamides is 1. The van der Waals surface area contributed by atoms with Gasteiger partial charge < -0.3 is 19.7 Å². The summed E-state index contributed by atoms with van der Waals surface area (Å²) >= 11 is 6.57. The minimum atomic E-state index is -3.91. The maximum atomic E-state index is 14.5. The molecule has 9 nitrogen and oxygen atoms in total.